The van der Waals surface area contributed by atoms with E-state index in [1.54, 1.807) is 6.92 Å². The number of ether oxygens (including phenoxy) is 1. The molecule has 5 heteroatoms. The molecule has 0 rings (SSSR count). The zero-order valence-corrected chi connectivity index (χ0v) is 10.4. The molecule has 0 aliphatic rings. The first-order valence-corrected chi connectivity index (χ1v) is 5.55. The summed E-state index contributed by atoms with van der Waals surface area (Å²) in [4.78, 5) is 12.0. The van der Waals surface area contributed by atoms with Crippen LogP contribution in [0, 0.1) is 5.41 Å². The van der Waals surface area contributed by atoms with Crippen molar-refractivity contribution in [2.45, 2.75) is 27.2 Å². The first kappa shape index (κ1) is 14.3. The Bertz CT molecular complexity index is 233. The Labute approximate surface area is 96.5 Å². The molecule has 0 aromatic rings. The Balaban J connectivity index is 4.11. The van der Waals surface area contributed by atoms with Crippen LogP contribution >= 0.6 is 12.2 Å². The topological polar surface area (TPSA) is 64.3 Å². The second kappa shape index (κ2) is 6.74. The fraction of sp³-hybridized carbons (Fsp3) is 0.800. The predicted octanol–water partition coefficient (Wildman–Crippen LogP) is 0.841. The molecule has 88 valence electrons. The summed E-state index contributed by atoms with van der Waals surface area (Å²) < 4.78 is 5.11. The second-order valence-electron chi connectivity index (χ2n) is 3.50. The molecule has 0 spiro atoms. The number of amides is 1. The molecule has 4 nitrogen and oxygen atoms in total. The summed E-state index contributed by atoms with van der Waals surface area (Å²) in [6.07, 6.45) is 0.600. The van der Waals surface area contributed by atoms with Crippen LogP contribution in [-0.2, 0) is 9.53 Å². The SMILES string of the molecule is CCOCCNC(=O)C(C)(CC)C(N)=S. The summed E-state index contributed by atoms with van der Waals surface area (Å²) in [5.41, 5.74) is 4.80. The average Bonchev–Trinajstić information content (AvgIpc) is 2.22. The minimum Gasteiger partial charge on any atom is -0.392 e. The molecule has 1 amide bonds. The van der Waals surface area contributed by atoms with Crippen molar-refractivity contribution in [1.29, 1.82) is 0 Å². The lowest BCUT2D eigenvalue weighted by atomic mass is 9.86. The molecule has 0 radical (unpaired) electrons. The molecule has 0 saturated heterocycles. The Hall–Kier alpha value is -0.680. The van der Waals surface area contributed by atoms with E-state index in [2.05, 4.69) is 5.32 Å². The molecule has 1 atom stereocenters. The quantitative estimate of drug-likeness (QED) is 0.504. The molecule has 3 N–H and O–H groups in total. The zero-order valence-electron chi connectivity index (χ0n) is 9.63. The van der Waals surface area contributed by atoms with Gasteiger partial charge in [0.05, 0.1) is 17.0 Å². The molecule has 1 unspecified atom stereocenters. The number of hydrogen-bond donors (Lipinski definition) is 2. The van der Waals surface area contributed by atoms with Gasteiger partial charge in [-0.05, 0) is 20.3 Å². The van der Waals surface area contributed by atoms with Gasteiger partial charge in [-0.15, -0.1) is 0 Å². The molecule has 0 aromatic heterocycles. The van der Waals surface area contributed by atoms with Crippen molar-refractivity contribution in [3.63, 3.8) is 0 Å². The smallest absolute Gasteiger partial charge is 0.232 e. The molecular formula is C10H20N2O2S. The highest BCUT2D eigenvalue weighted by atomic mass is 32.1. The lowest BCUT2D eigenvalue weighted by Gasteiger charge is -2.25. The van der Waals surface area contributed by atoms with Crippen molar-refractivity contribution < 1.29 is 9.53 Å². The van der Waals surface area contributed by atoms with Crippen molar-refractivity contribution in [2.24, 2.45) is 11.1 Å². The van der Waals surface area contributed by atoms with Crippen molar-refractivity contribution in [3.05, 3.63) is 0 Å². The lowest BCUT2D eigenvalue weighted by molar-refractivity contribution is -0.127. The van der Waals surface area contributed by atoms with Gasteiger partial charge in [-0.25, -0.2) is 0 Å². The fourth-order valence-corrected chi connectivity index (χ4v) is 1.26. The van der Waals surface area contributed by atoms with Gasteiger partial charge in [0.15, 0.2) is 0 Å². The van der Waals surface area contributed by atoms with Crippen LogP contribution in [0.25, 0.3) is 0 Å². The Kier molecular flexibility index (Phi) is 6.43. The molecule has 0 aliphatic heterocycles. The summed E-state index contributed by atoms with van der Waals surface area (Å²) in [6.45, 7) is 7.21. The second-order valence-corrected chi connectivity index (χ2v) is 3.94. The monoisotopic (exact) mass is 232 g/mol. The molecule has 0 aromatic carbocycles. The summed E-state index contributed by atoms with van der Waals surface area (Å²) in [5.74, 6) is -0.128. The van der Waals surface area contributed by atoms with Crippen LogP contribution in [0.5, 0.6) is 0 Å². The van der Waals surface area contributed by atoms with Gasteiger partial charge in [0, 0.05) is 13.2 Å². The Morgan fingerprint density at radius 2 is 2.13 bits per heavy atom. The van der Waals surface area contributed by atoms with Crippen molar-refractivity contribution in [2.75, 3.05) is 19.8 Å². The molecule has 0 bridgehead atoms. The van der Waals surface area contributed by atoms with Crippen LogP contribution in [0.15, 0.2) is 0 Å². The maximum Gasteiger partial charge on any atom is 0.232 e. The molecule has 15 heavy (non-hydrogen) atoms. The predicted molar refractivity (Wildman–Crippen MR) is 64.7 cm³/mol. The highest BCUT2D eigenvalue weighted by Crippen LogP contribution is 2.21. The number of nitrogens with one attached hydrogen (secondary N) is 1. The van der Waals surface area contributed by atoms with Gasteiger partial charge < -0.3 is 15.8 Å². The highest BCUT2D eigenvalue weighted by molar-refractivity contribution is 7.80. The standard InChI is InChI=1S/C10H20N2O2S/c1-4-10(3,8(11)15)9(13)12-6-7-14-5-2/h4-7H2,1-3H3,(H2,11,15)(H,12,13). The van der Waals surface area contributed by atoms with Gasteiger partial charge in [0.1, 0.15) is 0 Å². The number of nitrogens with two attached hydrogens (primary N) is 1. The first-order valence-electron chi connectivity index (χ1n) is 5.15. The Morgan fingerprint density at radius 1 is 1.53 bits per heavy atom. The highest BCUT2D eigenvalue weighted by Gasteiger charge is 2.34. The molecule has 0 heterocycles. The van der Waals surface area contributed by atoms with E-state index in [0.717, 1.165) is 0 Å². The summed E-state index contributed by atoms with van der Waals surface area (Å²) in [7, 11) is 0. The number of carbonyl (C=O) groups excluding carboxylic acids is 1. The summed E-state index contributed by atoms with van der Waals surface area (Å²) in [6, 6.07) is 0. The van der Waals surface area contributed by atoms with E-state index in [1.165, 1.54) is 0 Å². The third-order valence-corrected chi connectivity index (χ3v) is 2.94. The first-order chi connectivity index (χ1) is 6.99. The number of thiocarbonyl (C=S) groups is 1. The number of carbonyl (C=O) groups is 1. The van der Waals surface area contributed by atoms with Crippen LogP contribution in [0.2, 0.25) is 0 Å². The fourth-order valence-electron chi connectivity index (χ4n) is 1.02. The zero-order chi connectivity index (χ0) is 11.9. The maximum atomic E-state index is 11.8. The van der Waals surface area contributed by atoms with E-state index in [-0.39, 0.29) is 10.9 Å². The molecular weight excluding hydrogens is 212 g/mol. The Morgan fingerprint density at radius 3 is 2.53 bits per heavy atom. The number of rotatable bonds is 7. The molecule has 0 saturated carbocycles. The van der Waals surface area contributed by atoms with E-state index in [4.69, 9.17) is 22.7 Å². The third kappa shape index (κ3) is 4.13. The van der Waals surface area contributed by atoms with Gasteiger partial charge in [-0.3, -0.25) is 4.79 Å². The molecule has 0 aliphatic carbocycles. The van der Waals surface area contributed by atoms with Gasteiger partial charge in [0.25, 0.3) is 0 Å². The van der Waals surface area contributed by atoms with Crippen LogP contribution in [0.1, 0.15) is 27.2 Å². The van der Waals surface area contributed by atoms with E-state index >= 15 is 0 Å². The van der Waals surface area contributed by atoms with Gasteiger partial charge in [-0.2, -0.15) is 0 Å². The van der Waals surface area contributed by atoms with Gasteiger partial charge >= 0.3 is 0 Å². The van der Waals surface area contributed by atoms with E-state index < -0.39 is 5.41 Å². The van der Waals surface area contributed by atoms with E-state index in [9.17, 15) is 4.79 Å². The van der Waals surface area contributed by atoms with E-state index in [0.29, 0.717) is 26.2 Å². The van der Waals surface area contributed by atoms with Crippen molar-refractivity contribution >= 4 is 23.1 Å². The van der Waals surface area contributed by atoms with Crippen molar-refractivity contribution in [1.82, 2.24) is 5.32 Å². The van der Waals surface area contributed by atoms with Crippen LogP contribution in [0.4, 0.5) is 0 Å². The van der Waals surface area contributed by atoms with Crippen LogP contribution < -0.4 is 11.1 Å². The summed E-state index contributed by atoms with van der Waals surface area (Å²) >= 11 is 4.89. The van der Waals surface area contributed by atoms with Gasteiger partial charge in [-0.1, -0.05) is 19.1 Å². The van der Waals surface area contributed by atoms with Gasteiger partial charge in [0.2, 0.25) is 5.91 Å². The number of hydrogen-bond acceptors (Lipinski definition) is 3. The minimum absolute atomic E-state index is 0.128. The maximum absolute atomic E-state index is 11.8. The van der Waals surface area contributed by atoms with Crippen LogP contribution in [0.3, 0.4) is 0 Å². The normalized spacial score (nSPS) is 14.3. The average molecular weight is 232 g/mol. The molecule has 0 fully saturated rings. The minimum atomic E-state index is -0.748. The van der Waals surface area contributed by atoms with Crippen molar-refractivity contribution in [3.8, 4) is 0 Å². The third-order valence-electron chi connectivity index (χ3n) is 2.49. The summed E-state index contributed by atoms with van der Waals surface area (Å²) in [5, 5.41) is 2.76. The van der Waals surface area contributed by atoms with Crippen LogP contribution in [-0.4, -0.2) is 30.7 Å². The largest absolute Gasteiger partial charge is 0.392 e. The lowest BCUT2D eigenvalue weighted by Crippen LogP contribution is -2.47. The van der Waals surface area contributed by atoms with E-state index in [1.807, 2.05) is 13.8 Å².